The molecule has 0 saturated carbocycles. The van der Waals surface area contributed by atoms with E-state index >= 15 is 0 Å². The highest BCUT2D eigenvalue weighted by Gasteiger charge is 2.10. The van der Waals surface area contributed by atoms with Gasteiger partial charge in [0.25, 0.3) is 5.91 Å². The van der Waals surface area contributed by atoms with Gasteiger partial charge in [0.1, 0.15) is 0 Å². The molecule has 1 aromatic carbocycles. The van der Waals surface area contributed by atoms with Gasteiger partial charge in [-0.1, -0.05) is 25.5 Å². The number of anilines is 2. The van der Waals surface area contributed by atoms with E-state index in [-0.39, 0.29) is 17.7 Å². The number of nitrogens with two attached hydrogens (primary N) is 1. The number of aromatic amines is 1. The first-order valence-electron chi connectivity index (χ1n) is 5.77. The van der Waals surface area contributed by atoms with E-state index in [4.69, 9.17) is 5.73 Å². The first kappa shape index (κ1) is 12.1. The molecule has 6 heteroatoms. The van der Waals surface area contributed by atoms with Gasteiger partial charge in [0, 0.05) is 5.69 Å². The van der Waals surface area contributed by atoms with Crippen LogP contribution in [-0.4, -0.2) is 21.1 Å². The summed E-state index contributed by atoms with van der Waals surface area (Å²) < 4.78 is 0. The van der Waals surface area contributed by atoms with Gasteiger partial charge in [0.15, 0.2) is 0 Å². The van der Waals surface area contributed by atoms with Crippen LogP contribution in [0, 0.1) is 0 Å². The van der Waals surface area contributed by atoms with Gasteiger partial charge >= 0.3 is 0 Å². The molecule has 0 fully saturated rings. The Morgan fingerprint density at radius 2 is 2.11 bits per heavy atom. The molecule has 1 heterocycles. The van der Waals surface area contributed by atoms with Crippen molar-refractivity contribution < 1.29 is 4.79 Å². The molecule has 0 aliphatic rings. The molecule has 0 aliphatic carbocycles. The molecular formula is C12H15N5O. The van der Waals surface area contributed by atoms with E-state index in [0.29, 0.717) is 0 Å². The van der Waals surface area contributed by atoms with E-state index in [9.17, 15) is 4.79 Å². The predicted molar refractivity (Wildman–Crippen MR) is 69.2 cm³/mol. The smallest absolute Gasteiger partial charge is 0.293 e. The maximum atomic E-state index is 11.7. The summed E-state index contributed by atoms with van der Waals surface area (Å²) in [6, 6.07) is 7.72. The molecule has 18 heavy (non-hydrogen) atoms. The number of hydrogen-bond donors (Lipinski definition) is 3. The van der Waals surface area contributed by atoms with Gasteiger partial charge in [-0.3, -0.25) is 9.89 Å². The third-order valence-electron chi connectivity index (χ3n) is 2.47. The summed E-state index contributed by atoms with van der Waals surface area (Å²) in [4.78, 5) is 15.5. The van der Waals surface area contributed by atoms with Gasteiger partial charge in [-0.15, -0.1) is 5.10 Å². The van der Waals surface area contributed by atoms with E-state index in [1.165, 1.54) is 5.56 Å². The van der Waals surface area contributed by atoms with Gasteiger partial charge in [-0.25, -0.2) is 0 Å². The fourth-order valence-corrected chi connectivity index (χ4v) is 1.61. The van der Waals surface area contributed by atoms with E-state index < -0.39 is 0 Å². The Kier molecular flexibility index (Phi) is 3.57. The number of nitrogens with zero attached hydrogens (tertiary/aromatic N) is 2. The van der Waals surface area contributed by atoms with Gasteiger partial charge in [0.05, 0.1) is 0 Å². The van der Waals surface area contributed by atoms with Crippen LogP contribution in [-0.2, 0) is 6.42 Å². The highest BCUT2D eigenvalue weighted by atomic mass is 16.2. The molecule has 1 amide bonds. The van der Waals surface area contributed by atoms with Crippen LogP contribution in [0.2, 0.25) is 0 Å². The minimum Gasteiger partial charge on any atom is -0.366 e. The number of aryl methyl sites for hydroxylation is 1. The van der Waals surface area contributed by atoms with Crippen molar-refractivity contribution in [2.75, 3.05) is 11.1 Å². The van der Waals surface area contributed by atoms with Crippen molar-refractivity contribution in [1.29, 1.82) is 0 Å². The molecule has 2 aromatic rings. The Labute approximate surface area is 105 Å². The van der Waals surface area contributed by atoms with Crippen LogP contribution in [0.1, 0.15) is 29.5 Å². The van der Waals surface area contributed by atoms with Gasteiger partial charge < -0.3 is 11.1 Å². The first-order valence-corrected chi connectivity index (χ1v) is 5.77. The third-order valence-corrected chi connectivity index (χ3v) is 2.47. The number of aromatic nitrogens is 3. The van der Waals surface area contributed by atoms with Crippen molar-refractivity contribution in [2.45, 2.75) is 19.8 Å². The zero-order chi connectivity index (χ0) is 13.0. The molecule has 0 radical (unpaired) electrons. The van der Waals surface area contributed by atoms with Crippen LogP contribution in [0.4, 0.5) is 11.6 Å². The molecule has 1 aromatic heterocycles. The van der Waals surface area contributed by atoms with Crippen LogP contribution in [0.15, 0.2) is 24.3 Å². The lowest BCUT2D eigenvalue weighted by Crippen LogP contribution is -2.13. The average Bonchev–Trinajstić information content (AvgIpc) is 2.79. The van der Waals surface area contributed by atoms with E-state index in [0.717, 1.165) is 18.5 Å². The SMILES string of the molecule is CCCc1ccc(NC(=O)c2nc(N)n[nH]2)cc1. The number of carbonyl (C=O) groups excluding carboxylic acids is 1. The number of benzene rings is 1. The van der Waals surface area contributed by atoms with Crippen LogP contribution >= 0.6 is 0 Å². The van der Waals surface area contributed by atoms with Crippen molar-refractivity contribution in [3.8, 4) is 0 Å². The Bertz CT molecular complexity index is 532. The fourth-order valence-electron chi connectivity index (χ4n) is 1.61. The Morgan fingerprint density at radius 3 is 2.67 bits per heavy atom. The summed E-state index contributed by atoms with van der Waals surface area (Å²) in [5.74, 6) is -0.203. The maximum Gasteiger partial charge on any atom is 0.293 e. The maximum absolute atomic E-state index is 11.7. The monoisotopic (exact) mass is 245 g/mol. The normalized spacial score (nSPS) is 10.3. The number of nitrogen functional groups attached to an aromatic ring is 1. The first-order chi connectivity index (χ1) is 8.69. The number of H-pyrrole nitrogens is 1. The third kappa shape index (κ3) is 2.85. The lowest BCUT2D eigenvalue weighted by Gasteiger charge is -2.04. The van der Waals surface area contributed by atoms with E-state index in [1.807, 2.05) is 24.3 Å². The second-order valence-corrected chi connectivity index (χ2v) is 3.94. The fraction of sp³-hybridized carbons (Fsp3) is 0.250. The van der Waals surface area contributed by atoms with Gasteiger partial charge in [-0.2, -0.15) is 4.98 Å². The molecule has 0 unspecified atom stereocenters. The molecule has 0 atom stereocenters. The van der Waals surface area contributed by atoms with Crippen LogP contribution in [0.5, 0.6) is 0 Å². The predicted octanol–water partition coefficient (Wildman–Crippen LogP) is 1.59. The van der Waals surface area contributed by atoms with Gasteiger partial charge in [-0.05, 0) is 24.1 Å². The summed E-state index contributed by atoms with van der Waals surface area (Å²) in [6.45, 7) is 2.13. The molecule has 94 valence electrons. The lowest BCUT2D eigenvalue weighted by molar-refractivity contribution is 0.101. The molecule has 6 nitrogen and oxygen atoms in total. The van der Waals surface area contributed by atoms with Crippen molar-refractivity contribution >= 4 is 17.5 Å². The minimum absolute atomic E-state index is 0.0541. The summed E-state index contributed by atoms with van der Waals surface area (Å²) in [5, 5.41) is 8.77. The Balaban J connectivity index is 2.03. The number of nitrogens with one attached hydrogen (secondary N) is 2. The highest BCUT2D eigenvalue weighted by molar-refractivity contribution is 6.01. The molecule has 4 N–H and O–H groups in total. The molecule has 0 saturated heterocycles. The molecule has 0 aliphatic heterocycles. The lowest BCUT2D eigenvalue weighted by atomic mass is 10.1. The van der Waals surface area contributed by atoms with Crippen LogP contribution in [0.3, 0.4) is 0 Å². The van der Waals surface area contributed by atoms with Crippen LogP contribution in [0.25, 0.3) is 0 Å². The molecular weight excluding hydrogens is 230 g/mol. The average molecular weight is 245 g/mol. The summed E-state index contributed by atoms with van der Waals surface area (Å²) in [6.07, 6.45) is 2.13. The number of carbonyl (C=O) groups is 1. The summed E-state index contributed by atoms with van der Waals surface area (Å²) >= 11 is 0. The van der Waals surface area contributed by atoms with E-state index in [2.05, 4.69) is 27.4 Å². The van der Waals surface area contributed by atoms with Crippen molar-refractivity contribution in [3.63, 3.8) is 0 Å². The topological polar surface area (TPSA) is 96.7 Å². The van der Waals surface area contributed by atoms with Crippen molar-refractivity contribution in [3.05, 3.63) is 35.7 Å². The second-order valence-electron chi connectivity index (χ2n) is 3.94. The van der Waals surface area contributed by atoms with Crippen molar-refractivity contribution in [1.82, 2.24) is 15.2 Å². The summed E-state index contributed by atoms with van der Waals surface area (Å²) in [7, 11) is 0. The largest absolute Gasteiger partial charge is 0.366 e. The van der Waals surface area contributed by atoms with Crippen LogP contribution < -0.4 is 11.1 Å². The number of hydrogen-bond acceptors (Lipinski definition) is 4. The van der Waals surface area contributed by atoms with E-state index in [1.54, 1.807) is 0 Å². The zero-order valence-corrected chi connectivity index (χ0v) is 10.1. The van der Waals surface area contributed by atoms with Crippen molar-refractivity contribution in [2.24, 2.45) is 0 Å². The molecule has 0 bridgehead atoms. The quantitative estimate of drug-likeness (QED) is 0.762. The second kappa shape index (κ2) is 5.31. The highest BCUT2D eigenvalue weighted by Crippen LogP contribution is 2.11. The summed E-state index contributed by atoms with van der Waals surface area (Å²) in [5.41, 5.74) is 7.30. The Morgan fingerprint density at radius 1 is 1.39 bits per heavy atom. The van der Waals surface area contributed by atoms with Gasteiger partial charge in [0.2, 0.25) is 11.8 Å². The number of rotatable bonds is 4. The molecule has 2 rings (SSSR count). The Hall–Kier alpha value is -2.37. The minimum atomic E-state index is -0.359. The molecule has 0 spiro atoms. The number of amides is 1. The standard InChI is InChI=1S/C12H15N5O/c1-2-3-8-4-6-9(7-5-8)14-11(18)10-15-12(13)17-16-10/h4-7H,2-3H2,1H3,(H,14,18)(H3,13,15,16,17). The zero-order valence-electron chi connectivity index (χ0n) is 10.1.